The Hall–Kier alpha value is -6.82. The van der Waals surface area contributed by atoms with Gasteiger partial charge in [-0.1, -0.05) is 60.7 Å². The molecule has 6 aromatic rings. The van der Waals surface area contributed by atoms with E-state index in [4.69, 9.17) is 14.2 Å². The van der Waals surface area contributed by atoms with Crippen molar-refractivity contribution >= 4 is 23.6 Å². The second-order valence-corrected chi connectivity index (χ2v) is 13.2. The largest absolute Gasteiger partial charge is 0.508 e. The van der Waals surface area contributed by atoms with Crippen molar-refractivity contribution in [1.82, 2.24) is 19.9 Å². The summed E-state index contributed by atoms with van der Waals surface area (Å²) in [6.07, 6.45) is 6.44. The highest BCUT2D eigenvalue weighted by Crippen LogP contribution is 2.30. The SMILES string of the molecule is COC(=O)C(Cc1ccccc1)Nc1cc(-c2ccc(O)cc2)ncn1.COC(=O)C(Cc1ccccc1)Nc1cc(-c2ccc(OCC3CC3)cc2)ncn1. The van der Waals surface area contributed by atoms with Crippen LogP contribution >= 0.6 is 0 Å². The monoisotopic (exact) mass is 752 g/mol. The molecule has 1 aliphatic carbocycles. The fourth-order valence-corrected chi connectivity index (χ4v) is 5.77. The Morgan fingerprint density at radius 1 is 0.643 bits per heavy atom. The number of hydrogen-bond donors (Lipinski definition) is 3. The molecule has 0 bridgehead atoms. The maximum atomic E-state index is 12.3. The van der Waals surface area contributed by atoms with Crippen LogP contribution in [0.4, 0.5) is 11.6 Å². The summed E-state index contributed by atoms with van der Waals surface area (Å²) in [6.45, 7) is 0.789. The zero-order chi connectivity index (χ0) is 39.1. The summed E-state index contributed by atoms with van der Waals surface area (Å²) in [5.41, 5.74) is 5.30. The second-order valence-electron chi connectivity index (χ2n) is 13.2. The minimum absolute atomic E-state index is 0.190. The Kier molecular flexibility index (Phi) is 13.5. The van der Waals surface area contributed by atoms with E-state index >= 15 is 0 Å². The Morgan fingerprint density at radius 3 is 1.52 bits per heavy atom. The highest BCUT2D eigenvalue weighted by atomic mass is 16.5. The van der Waals surface area contributed by atoms with Gasteiger partial charge < -0.3 is 30.0 Å². The molecule has 0 radical (unpaired) electrons. The van der Waals surface area contributed by atoms with Crippen molar-refractivity contribution in [2.24, 2.45) is 5.92 Å². The summed E-state index contributed by atoms with van der Waals surface area (Å²) >= 11 is 0. The number of nitrogens with zero attached hydrogens (tertiary/aromatic N) is 4. The number of phenolic OH excluding ortho intramolecular Hbond substituents is 1. The molecule has 2 heterocycles. The van der Waals surface area contributed by atoms with E-state index < -0.39 is 12.1 Å². The smallest absolute Gasteiger partial charge is 0.328 e. The number of ether oxygens (including phenoxy) is 3. The van der Waals surface area contributed by atoms with Gasteiger partial charge >= 0.3 is 11.9 Å². The summed E-state index contributed by atoms with van der Waals surface area (Å²) in [5, 5.41) is 15.7. The van der Waals surface area contributed by atoms with Crippen LogP contribution in [-0.4, -0.2) is 69.9 Å². The summed E-state index contributed by atoms with van der Waals surface area (Å²) in [5.74, 6) is 2.17. The van der Waals surface area contributed by atoms with Crippen LogP contribution in [0.1, 0.15) is 24.0 Å². The number of carbonyl (C=O) groups is 2. The van der Waals surface area contributed by atoms with E-state index in [0.717, 1.165) is 46.2 Å². The van der Waals surface area contributed by atoms with E-state index in [1.54, 1.807) is 30.3 Å². The summed E-state index contributed by atoms with van der Waals surface area (Å²) < 4.78 is 15.7. The average molecular weight is 753 g/mol. The minimum Gasteiger partial charge on any atom is -0.508 e. The van der Waals surface area contributed by atoms with Gasteiger partial charge in [0.05, 0.1) is 32.2 Å². The van der Waals surface area contributed by atoms with Gasteiger partial charge in [0.1, 0.15) is 47.9 Å². The van der Waals surface area contributed by atoms with Crippen LogP contribution in [0.5, 0.6) is 11.5 Å². The molecule has 0 spiro atoms. The average Bonchev–Trinajstić information content (AvgIpc) is 4.08. The number of benzene rings is 4. The number of aromatic nitrogens is 4. The van der Waals surface area contributed by atoms with Crippen molar-refractivity contribution in [3.63, 3.8) is 0 Å². The van der Waals surface area contributed by atoms with E-state index in [9.17, 15) is 14.7 Å². The molecule has 1 fully saturated rings. The van der Waals surface area contributed by atoms with Gasteiger partial charge in [-0.25, -0.2) is 29.5 Å². The van der Waals surface area contributed by atoms with Crippen molar-refractivity contribution in [2.45, 2.75) is 37.8 Å². The first kappa shape index (κ1) is 38.9. The molecule has 0 amide bonds. The molecule has 12 heteroatoms. The maximum absolute atomic E-state index is 12.3. The molecular weight excluding hydrogens is 709 g/mol. The van der Waals surface area contributed by atoms with Crippen molar-refractivity contribution in [1.29, 1.82) is 0 Å². The second kappa shape index (κ2) is 19.5. The number of rotatable bonds is 15. The maximum Gasteiger partial charge on any atom is 0.328 e. The number of esters is 2. The number of phenols is 1. The zero-order valence-corrected chi connectivity index (χ0v) is 31.2. The molecule has 2 unspecified atom stereocenters. The van der Waals surface area contributed by atoms with Crippen molar-refractivity contribution < 1.29 is 28.9 Å². The van der Waals surface area contributed by atoms with Crippen LogP contribution in [0, 0.1) is 5.92 Å². The number of carbonyl (C=O) groups excluding carboxylic acids is 2. The number of aromatic hydroxyl groups is 1. The van der Waals surface area contributed by atoms with Gasteiger partial charge in [0.2, 0.25) is 0 Å². The third-order valence-electron chi connectivity index (χ3n) is 9.01. The van der Waals surface area contributed by atoms with Crippen LogP contribution in [0.3, 0.4) is 0 Å². The molecule has 3 N–H and O–H groups in total. The van der Waals surface area contributed by atoms with E-state index in [1.807, 2.05) is 91.0 Å². The predicted octanol–water partition coefficient (Wildman–Crippen LogP) is 7.17. The third-order valence-corrected chi connectivity index (χ3v) is 9.01. The molecule has 7 rings (SSSR count). The topological polar surface area (TPSA) is 158 Å². The molecule has 12 nitrogen and oxygen atoms in total. The van der Waals surface area contributed by atoms with Crippen LogP contribution < -0.4 is 15.4 Å². The lowest BCUT2D eigenvalue weighted by Gasteiger charge is -2.17. The first-order chi connectivity index (χ1) is 27.4. The molecule has 1 saturated carbocycles. The number of methoxy groups -OCH3 is 2. The lowest BCUT2D eigenvalue weighted by Crippen LogP contribution is -2.33. The summed E-state index contributed by atoms with van der Waals surface area (Å²) in [4.78, 5) is 41.5. The molecule has 286 valence electrons. The Labute approximate surface area is 326 Å². The molecule has 2 atom stereocenters. The Bertz CT molecular complexity index is 2150. The Morgan fingerprint density at radius 2 is 1.09 bits per heavy atom. The standard InChI is InChI=1S/C24H25N3O3.C20H19N3O3/c1-29-24(28)22(13-17-5-3-2-4-6-17)27-23-14-21(25-16-26-23)19-9-11-20(12-10-19)30-15-18-7-8-18;1-26-20(25)18(11-14-5-3-2-4-6-14)23-19-12-17(21-13-22-19)15-7-9-16(24)10-8-15/h2-6,9-12,14,16,18,22H,7-8,13,15H2,1H3,(H,25,26,27);2-10,12-13,18,24H,11H2,1H3,(H,21,22,23). The summed E-state index contributed by atoms with van der Waals surface area (Å²) in [7, 11) is 2.75. The third kappa shape index (κ3) is 11.6. The number of hydrogen-bond acceptors (Lipinski definition) is 12. The summed E-state index contributed by atoms with van der Waals surface area (Å²) in [6, 6.07) is 36.6. The first-order valence-corrected chi connectivity index (χ1v) is 18.3. The first-order valence-electron chi connectivity index (χ1n) is 18.3. The van der Waals surface area contributed by atoms with Crippen molar-refractivity contribution in [3.8, 4) is 34.0 Å². The molecule has 0 saturated heterocycles. The predicted molar refractivity (Wildman–Crippen MR) is 214 cm³/mol. The highest BCUT2D eigenvalue weighted by Gasteiger charge is 2.23. The van der Waals surface area contributed by atoms with Gasteiger partial charge in [-0.15, -0.1) is 0 Å². The van der Waals surface area contributed by atoms with Gasteiger partial charge in [0.25, 0.3) is 0 Å². The van der Waals surface area contributed by atoms with E-state index in [-0.39, 0.29) is 17.7 Å². The van der Waals surface area contributed by atoms with Gasteiger partial charge in [0, 0.05) is 36.1 Å². The lowest BCUT2D eigenvalue weighted by atomic mass is 10.1. The molecule has 4 aromatic carbocycles. The van der Waals surface area contributed by atoms with Gasteiger partial charge in [-0.05, 0) is 78.4 Å². The molecule has 1 aliphatic rings. The van der Waals surface area contributed by atoms with Crippen LogP contribution in [0.2, 0.25) is 0 Å². The van der Waals surface area contributed by atoms with Crippen molar-refractivity contribution in [2.75, 3.05) is 31.5 Å². The molecule has 56 heavy (non-hydrogen) atoms. The van der Waals surface area contributed by atoms with E-state index in [1.165, 1.54) is 39.7 Å². The normalized spacial score (nSPS) is 12.9. The number of nitrogens with one attached hydrogen (secondary N) is 2. The fourth-order valence-electron chi connectivity index (χ4n) is 5.77. The fraction of sp³-hybridized carbons (Fsp3) is 0.227. The highest BCUT2D eigenvalue weighted by molar-refractivity contribution is 5.80. The van der Waals surface area contributed by atoms with Crippen LogP contribution in [0.25, 0.3) is 22.5 Å². The van der Waals surface area contributed by atoms with Crippen LogP contribution in [-0.2, 0) is 31.9 Å². The molecule has 2 aromatic heterocycles. The zero-order valence-electron chi connectivity index (χ0n) is 31.2. The lowest BCUT2D eigenvalue weighted by molar-refractivity contribution is -0.142. The molecular formula is C44H44N6O6. The van der Waals surface area contributed by atoms with Crippen molar-refractivity contribution in [3.05, 3.63) is 145 Å². The molecule has 0 aliphatic heterocycles. The van der Waals surface area contributed by atoms with Gasteiger partial charge in [-0.2, -0.15) is 0 Å². The van der Waals surface area contributed by atoms with E-state index in [2.05, 4.69) is 30.6 Å². The van der Waals surface area contributed by atoms with E-state index in [0.29, 0.717) is 30.2 Å². The minimum atomic E-state index is -0.565. The van der Waals surface area contributed by atoms with Crippen LogP contribution in [0.15, 0.2) is 134 Å². The van der Waals surface area contributed by atoms with Gasteiger partial charge in [0.15, 0.2) is 0 Å². The quantitative estimate of drug-likeness (QED) is 0.0910. The van der Waals surface area contributed by atoms with Gasteiger partial charge in [-0.3, -0.25) is 0 Å². The Balaban J connectivity index is 0.000000192. The number of anilines is 2.